The first-order valence-corrected chi connectivity index (χ1v) is 12.0. The third-order valence-electron chi connectivity index (χ3n) is 5.28. The second-order valence-electron chi connectivity index (χ2n) is 7.52. The zero-order chi connectivity index (χ0) is 23.6. The summed E-state index contributed by atoms with van der Waals surface area (Å²) in [5.41, 5.74) is 4.16. The van der Waals surface area contributed by atoms with E-state index in [9.17, 15) is 17.6 Å². The van der Waals surface area contributed by atoms with E-state index in [-0.39, 0.29) is 21.4 Å². The molecule has 1 saturated heterocycles. The maximum absolute atomic E-state index is 13.2. The number of hydrogen-bond donors (Lipinski definition) is 1. The number of rotatable bonds is 6. The van der Waals surface area contributed by atoms with Crippen molar-refractivity contribution in [3.8, 4) is 5.69 Å². The molecule has 1 aromatic heterocycles. The predicted molar refractivity (Wildman–Crippen MR) is 123 cm³/mol. The van der Waals surface area contributed by atoms with Crippen molar-refractivity contribution < 1.29 is 17.6 Å². The number of sulfonamides is 1. The molecule has 1 fully saturated rings. The lowest BCUT2D eigenvalue weighted by Crippen LogP contribution is -2.28. The molecule has 2 heterocycles. The molecule has 3 aromatic rings. The Morgan fingerprint density at radius 3 is 2.58 bits per heavy atom. The fourth-order valence-electron chi connectivity index (χ4n) is 3.51. The van der Waals surface area contributed by atoms with Crippen molar-refractivity contribution in [2.24, 2.45) is 5.10 Å². The van der Waals surface area contributed by atoms with Crippen molar-refractivity contribution in [1.29, 1.82) is 0 Å². The van der Waals surface area contributed by atoms with E-state index in [2.05, 4.69) is 15.6 Å². The van der Waals surface area contributed by atoms with Gasteiger partial charge < -0.3 is 0 Å². The first kappa shape index (κ1) is 23.1. The van der Waals surface area contributed by atoms with Gasteiger partial charge >= 0.3 is 0 Å². The van der Waals surface area contributed by atoms with Gasteiger partial charge in [0, 0.05) is 18.7 Å². The first-order chi connectivity index (χ1) is 15.8. The number of halogens is 2. The first-order valence-electron chi connectivity index (χ1n) is 10.2. The van der Waals surface area contributed by atoms with E-state index < -0.39 is 15.9 Å². The third-order valence-corrected chi connectivity index (χ3v) is 7.54. The lowest BCUT2D eigenvalue weighted by Gasteiger charge is -2.15. The van der Waals surface area contributed by atoms with Crippen molar-refractivity contribution in [2.75, 3.05) is 13.1 Å². The van der Waals surface area contributed by atoms with E-state index in [1.807, 2.05) is 0 Å². The minimum Gasteiger partial charge on any atom is -0.267 e. The molecule has 1 N–H and O–H groups in total. The normalized spacial score (nSPS) is 14.8. The number of aryl methyl sites for hydroxylation is 1. The van der Waals surface area contributed by atoms with Crippen LogP contribution >= 0.6 is 11.6 Å². The Hall–Kier alpha value is -3.08. The number of amides is 1. The summed E-state index contributed by atoms with van der Waals surface area (Å²) in [6.07, 6.45) is 3.01. The number of nitrogens with zero attached hydrogens (tertiary/aromatic N) is 4. The fraction of sp³-hybridized carbons (Fsp3) is 0.227. The summed E-state index contributed by atoms with van der Waals surface area (Å²) in [5, 5.41) is 8.52. The molecule has 0 aliphatic carbocycles. The molecule has 33 heavy (non-hydrogen) atoms. The highest BCUT2D eigenvalue weighted by molar-refractivity contribution is 7.89. The number of benzene rings is 2. The average Bonchev–Trinajstić information content (AvgIpc) is 3.45. The Morgan fingerprint density at radius 2 is 1.88 bits per heavy atom. The molecule has 1 amide bonds. The van der Waals surface area contributed by atoms with Crippen molar-refractivity contribution in [1.82, 2.24) is 19.5 Å². The monoisotopic (exact) mass is 489 g/mol. The van der Waals surface area contributed by atoms with Crippen molar-refractivity contribution >= 4 is 33.7 Å². The van der Waals surface area contributed by atoms with Gasteiger partial charge in [-0.3, -0.25) is 4.79 Å². The van der Waals surface area contributed by atoms with Gasteiger partial charge in [-0.25, -0.2) is 22.9 Å². The molecule has 11 heteroatoms. The highest BCUT2D eigenvalue weighted by Gasteiger charge is 2.27. The summed E-state index contributed by atoms with van der Waals surface area (Å²) < 4.78 is 41.5. The largest absolute Gasteiger partial charge is 0.271 e. The highest BCUT2D eigenvalue weighted by Crippen LogP contribution is 2.23. The summed E-state index contributed by atoms with van der Waals surface area (Å²) in [7, 11) is -3.63. The number of hydrogen-bond acceptors (Lipinski definition) is 5. The van der Waals surface area contributed by atoms with E-state index >= 15 is 0 Å². The zero-order valence-corrected chi connectivity index (χ0v) is 19.3. The standard InChI is InChI=1S/C22H21ClFN5O3S/c1-15-20(21(23)29(27-15)18-9-7-17(24)8-10-18)14-25-26-22(30)16-5-4-6-19(13-16)33(31,32)28-11-2-3-12-28/h4-10,13-14H,2-3,11-12H2,1H3,(H,26,30)/b25-14+. The second-order valence-corrected chi connectivity index (χ2v) is 9.81. The van der Waals surface area contributed by atoms with Crippen LogP contribution in [0.15, 0.2) is 58.5 Å². The molecule has 2 aromatic carbocycles. The summed E-state index contributed by atoms with van der Waals surface area (Å²) in [5.74, 6) is -0.940. The molecular weight excluding hydrogens is 469 g/mol. The Kier molecular flexibility index (Phi) is 6.59. The summed E-state index contributed by atoms with van der Waals surface area (Å²) in [6, 6.07) is 11.5. The smallest absolute Gasteiger partial charge is 0.267 e. The molecule has 172 valence electrons. The van der Waals surface area contributed by atoms with Crippen molar-refractivity contribution in [3.63, 3.8) is 0 Å². The van der Waals surface area contributed by atoms with E-state index in [0.29, 0.717) is 30.0 Å². The Bertz CT molecular complexity index is 1320. The van der Waals surface area contributed by atoms with Crippen LogP contribution in [-0.2, 0) is 10.0 Å². The predicted octanol–water partition coefficient (Wildman–Crippen LogP) is 3.52. The molecule has 1 aliphatic rings. The summed E-state index contributed by atoms with van der Waals surface area (Å²) in [6.45, 7) is 2.69. The van der Waals surface area contributed by atoms with Gasteiger partial charge in [0.15, 0.2) is 0 Å². The van der Waals surface area contributed by atoms with Crippen LogP contribution in [0.25, 0.3) is 5.69 Å². The topological polar surface area (TPSA) is 96.7 Å². The van der Waals surface area contributed by atoms with Crippen molar-refractivity contribution in [3.05, 3.63) is 76.3 Å². The Morgan fingerprint density at radius 1 is 1.18 bits per heavy atom. The van der Waals surface area contributed by atoms with Gasteiger partial charge in [-0.05, 0) is 62.2 Å². The minimum absolute atomic E-state index is 0.0699. The number of nitrogens with one attached hydrogen (secondary N) is 1. The summed E-state index contributed by atoms with van der Waals surface area (Å²) >= 11 is 6.40. The highest BCUT2D eigenvalue weighted by atomic mass is 35.5. The SMILES string of the molecule is Cc1nn(-c2ccc(F)cc2)c(Cl)c1/C=N/NC(=O)c1cccc(S(=O)(=O)N2CCCC2)c1. The van der Waals surface area contributed by atoms with E-state index in [4.69, 9.17) is 11.6 Å². The van der Waals surface area contributed by atoms with Gasteiger partial charge in [0.2, 0.25) is 10.0 Å². The number of hydrazone groups is 1. The van der Waals surface area contributed by atoms with Gasteiger partial charge in [-0.1, -0.05) is 17.7 Å². The Labute approximate surface area is 195 Å². The maximum atomic E-state index is 13.2. The van der Waals surface area contributed by atoms with Crippen LogP contribution < -0.4 is 5.43 Å². The molecule has 1 aliphatic heterocycles. The maximum Gasteiger partial charge on any atom is 0.271 e. The zero-order valence-electron chi connectivity index (χ0n) is 17.7. The molecule has 0 radical (unpaired) electrons. The molecule has 0 bridgehead atoms. The molecule has 0 unspecified atom stereocenters. The lowest BCUT2D eigenvalue weighted by atomic mass is 10.2. The second kappa shape index (κ2) is 9.42. The summed E-state index contributed by atoms with van der Waals surface area (Å²) in [4.78, 5) is 12.6. The number of aromatic nitrogens is 2. The molecule has 0 spiro atoms. The van der Waals surface area contributed by atoms with Crippen LogP contribution in [0.3, 0.4) is 0 Å². The quantitative estimate of drug-likeness (QED) is 0.423. The van der Waals surface area contributed by atoms with Crippen LogP contribution in [-0.4, -0.2) is 47.7 Å². The van der Waals surface area contributed by atoms with Crippen LogP contribution in [0.2, 0.25) is 5.15 Å². The van der Waals surface area contributed by atoms with E-state index in [1.165, 1.54) is 51.6 Å². The average molecular weight is 490 g/mol. The van der Waals surface area contributed by atoms with Crippen LogP contribution in [0.1, 0.15) is 34.5 Å². The van der Waals surface area contributed by atoms with E-state index in [1.54, 1.807) is 19.1 Å². The van der Waals surface area contributed by atoms with Crippen LogP contribution in [0.5, 0.6) is 0 Å². The number of carbonyl (C=O) groups excluding carboxylic acids is 1. The van der Waals surface area contributed by atoms with Crippen LogP contribution in [0, 0.1) is 12.7 Å². The van der Waals surface area contributed by atoms with E-state index in [0.717, 1.165) is 12.8 Å². The molecular formula is C22H21ClFN5O3S. The minimum atomic E-state index is -3.63. The fourth-order valence-corrected chi connectivity index (χ4v) is 5.39. The van der Waals surface area contributed by atoms with Crippen molar-refractivity contribution in [2.45, 2.75) is 24.7 Å². The van der Waals surface area contributed by atoms with Crippen LogP contribution in [0.4, 0.5) is 4.39 Å². The lowest BCUT2D eigenvalue weighted by molar-refractivity contribution is 0.0955. The molecule has 0 saturated carbocycles. The third kappa shape index (κ3) is 4.82. The Balaban J connectivity index is 1.49. The van der Waals surface area contributed by atoms with Gasteiger partial charge in [-0.2, -0.15) is 14.5 Å². The number of carbonyl (C=O) groups is 1. The molecule has 0 atom stereocenters. The van der Waals surface area contributed by atoms with Gasteiger partial charge in [0.25, 0.3) is 5.91 Å². The molecule has 8 nitrogen and oxygen atoms in total. The molecule has 4 rings (SSSR count). The van der Waals surface area contributed by atoms with Gasteiger partial charge in [0.05, 0.1) is 28.1 Å². The van der Waals surface area contributed by atoms with Gasteiger partial charge in [0.1, 0.15) is 11.0 Å². The van der Waals surface area contributed by atoms with Gasteiger partial charge in [-0.15, -0.1) is 0 Å².